The molecule has 2 aromatic rings. The van der Waals surface area contributed by atoms with Crippen molar-refractivity contribution < 1.29 is 18.7 Å². The highest BCUT2D eigenvalue weighted by atomic mass is 19.1. The van der Waals surface area contributed by atoms with Gasteiger partial charge < -0.3 is 14.4 Å². The molecule has 1 aromatic heterocycles. The van der Waals surface area contributed by atoms with Crippen LogP contribution in [0, 0.1) is 5.82 Å². The summed E-state index contributed by atoms with van der Waals surface area (Å²) in [5, 5.41) is 7.18. The number of hydrogen-bond donors (Lipinski definition) is 1. The van der Waals surface area contributed by atoms with Crippen molar-refractivity contribution in [2.24, 2.45) is 0 Å². The molecule has 7 heteroatoms. The average Bonchev–Trinajstić information content (AvgIpc) is 2.98. The van der Waals surface area contributed by atoms with E-state index in [1.807, 2.05) is 13.8 Å². The Kier molecular flexibility index (Phi) is 4.50. The smallest absolute Gasteiger partial charge is 0.274 e. The van der Waals surface area contributed by atoms with Crippen LogP contribution in [0.2, 0.25) is 0 Å². The zero-order valence-corrected chi connectivity index (χ0v) is 14.9. The Morgan fingerprint density at radius 1 is 1.38 bits per heavy atom. The number of aromatic amines is 1. The second kappa shape index (κ2) is 6.81. The second-order valence-electron chi connectivity index (χ2n) is 6.99. The first kappa shape index (κ1) is 17.2. The maximum absolute atomic E-state index is 13.6. The molecule has 6 nitrogen and oxygen atoms in total. The van der Waals surface area contributed by atoms with Crippen LogP contribution in [0.1, 0.15) is 47.3 Å². The van der Waals surface area contributed by atoms with Gasteiger partial charge in [0.2, 0.25) is 0 Å². The zero-order valence-electron chi connectivity index (χ0n) is 14.9. The molecule has 0 saturated carbocycles. The molecule has 4 rings (SSSR count). The number of ether oxygens (including phenoxy) is 2. The van der Waals surface area contributed by atoms with Gasteiger partial charge in [0.25, 0.3) is 5.91 Å². The van der Waals surface area contributed by atoms with Crippen LogP contribution >= 0.6 is 0 Å². The van der Waals surface area contributed by atoms with Crippen LogP contribution in [0.4, 0.5) is 4.39 Å². The molecule has 0 bridgehead atoms. The number of likely N-dealkylation sites (tertiary alicyclic amines) is 1. The van der Waals surface area contributed by atoms with E-state index in [4.69, 9.17) is 9.47 Å². The summed E-state index contributed by atoms with van der Waals surface area (Å²) in [6.45, 7) is 5.16. The highest BCUT2D eigenvalue weighted by Gasteiger charge is 2.36. The molecule has 1 saturated heterocycles. The molecular weight excluding hydrogens is 337 g/mol. The van der Waals surface area contributed by atoms with E-state index in [1.165, 1.54) is 6.07 Å². The Balaban J connectivity index is 1.35. The van der Waals surface area contributed by atoms with Crippen molar-refractivity contribution in [1.82, 2.24) is 15.1 Å². The number of benzene rings is 1. The van der Waals surface area contributed by atoms with Crippen molar-refractivity contribution in [3.05, 3.63) is 52.6 Å². The third kappa shape index (κ3) is 3.12. The number of fused-ring (bicyclic) bond motifs is 1. The molecule has 1 N–H and O–H groups in total. The van der Waals surface area contributed by atoms with Crippen LogP contribution in [-0.4, -0.2) is 46.3 Å². The summed E-state index contributed by atoms with van der Waals surface area (Å²) in [5.74, 6) is -0.358. The highest BCUT2D eigenvalue weighted by molar-refractivity contribution is 5.94. The third-order valence-electron chi connectivity index (χ3n) is 5.00. The molecule has 0 unspecified atom stereocenters. The minimum absolute atomic E-state index is 0.0647. The number of amides is 1. The van der Waals surface area contributed by atoms with Crippen LogP contribution in [-0.2, 0) is 22.5 Å². The Bertz CT molecular complexity index is 816. The number of H-pyrrole nitrogens is 1. The molecule has 138 valence electrons. The summed E-state index contributed by atoms with van der Waals surface area (Å²) < 4.78 is 25.1. The van der Waals surface area contributed by atoms with Gasteiger partial charge in [0.05, 0.1) is 30.6 Å². The first-order valence-corrected chi connectivity index (χ1v) is 8.89. The van der Waals surface area contributed by atoms with E-state index in [-0.39, 0.29) is 36.6 Å². The normalized spacial score (nSPS) is 22.8. The van der Waals surface area contributed by atoms with Gasteiger partial charge >= 0.3 is 0 Å². The molecule has 0 radical (unpaired) electrons. The monoisotopic (exact) mass is 359 g/mol. The highest BCUT2D eigenvalue weighted by Crippen LogP contribution is 2.31. The largest absolute Gasteiger partial charge is 0.370 e. The minimum atomic E-state index is -0.270. The molecule has 2 atom stereocenters. The molecule has 1 amide bonds. The number of carbonyl (C=O) groups is 1. The number of nitrogens with one attached hydrogen (secondary N) is 1. The van der Waals surface area contributed by atoms with Crippen molar-refractivity contribution in [2.45, 2.75) is 45.2 Å². The quantitative estimate of drug-likeness (QED) is 0.911. The summed E-state index contributed by atoms with van der Waals surface area (Å²) in [4.78, 5) is 14.4. The van der Waals surface area contributed by atoms with Crippen LogP contribution < -0.4 is 0 Å². The van der Waals surface area contributed by atoms with E-state index in [9.17, 15) is 9.18 Å². The lowest BCUT2D eigenvalue weighted by molar-refractivity contribution is -0.0513. The molecule has 1 aromatic carbocycles. The lowest BCUT2D eigenvalue weighted by atomic mass is 9.98. The maximum atomic E-state index is 13.6. The zero-order chi connectivity index (χ0) is 18.3. The molecule has 1 fully saturated rings. The number of rotatable bonds is 4. The third-order valence-corrected chi connectivity index (χ3v) is 5.00. The predicted octanol–water partition coefficient (Wildman–Crippen LogP) is 2.61. The molecule has 3 heterocycles. The topological polar surface area (TPSA) is 67.5 Å². The number of aromatic nitrogens is 2. The summed E-state index contributed by atoms with van der Waals surface area (Å²) in [7, 11) is 0. The van der Waals surface area contributed by atoms with Crippen molar-refractivity contribution in [2.75, 3.05) is 13.1 Å². The van der Waals surface area contributed by atoms with Gasteiger partial charge in [0.1, 0.15) is 5.82 Å². The van der Waals surface area contributed by atoms with Gasteiger partial charge in [0.15, 0.2) is 5.69 Å². The summed E-state index contributed by atoms with van der Waals surface area (Å²) in [5.41, 5.74) is 2.85. The Hall–Kier alpha value is -2.25. The first-order chi connectivity index (χ1) is 12.5. The van der Waals surface area contributed by atoms with Gasteiger partial charge in [-0.3, -0.25) is 9.89 Å². The fourth-order valence-corrected chi connectivity index (χ4v) is 3.53. The summed E-state index contributed by atoms with van der Waals surface area (Å²) >= 11 is 0. The molecule has 0 spiro atoms. The van der Waals surface area contributed by atoms with Crippen molar-refractivity contribution >= 4 is 5.91 Å². The van der Waals surface area contributed by atoms with E-state index in [2.05, 4.69) is 10.2 Å². The van der Waals surface area contributed by atoms with Crippen LogP contribution in [0.5, 0.6) is 0 Å². The van der Waals surface area contributed by atoms with Crippen molar-refractivity contribution in [3.63, 3.8) is 0 Å². The minimum Gasteiger partial charge on any atom is -0.370 e. The molecular formula is C19H22FN3O3. The Morgan fingerprint density at radius 2 is 2.15 bits per heavy atom. The molecule has 2 aliphatic rings. The van der Waals surface area contributed by atoms with E-state index >= 15 is 0 Å². The van der Waals surface area contributed by atoms with Gasteiger partial charge in [-0.15, -0.1) is 0 Å². The fraction of sp³-hybridized carbons (Fsp3) is 0.474. The first-order valence-electron chi connectivity index (χ1n) is 8.89. The number of halogens is 1. The second-order valence-corrected chi connectivity index (χ2v) is 6.99. The van der Waals surface area contributed by atoms with E-state index in [0.29, 0.717) is 30.8 Å². The van der Waals surface area contributed by atoms with E-state index < -0.39 is 0 Å². The number of carbonyl (C=O) groups excluding carboxylic acids is 1. The van der Waals surface area contributed by atoms with Gasteiger partial charge in [-0.05, 0) is 19.9 Å². The lowest BCUT2D eigenvalue weighted by Gasteiger charge is -2.38. The SMILES string of the molecule is C[C@@H]1Cc2c(C(=O)N3CC(OCc4ccccc4F)C3)n[nH]c2[C@H](C)O1. The standard InChI is InChI=1S/C19H22FN3O3/c1-11-7-15-17(12(2)26-11)21-22-18(15)19(24)23-8-14(9-23)25-10-13-5-3-4-6-16(13)20/h3-6,11-12,14H,7-10H2,1-2H3,(H,21,22)/t11-,12+/m1/s1. The van der Waals surface area contributed by atoms with E-state index in [1.54, 1.807) is 23.1 Å². The Morgan fingerprint density at radius 3 is 2.92 bits per heavy atom. The molecule has 26 heavy (non-hydrogen) atoms. The molecule has 2 aliphatic heterocycles. The Labute approximate surface area is 151 Å². The van der Waals surface area contributed by atoms with Gasteiger partial charge in [0, 0.05) is 30.6 Å². The average molecular weight is 359 g/mol. The predicted molar refractivity (Wildman–Crippen MR) is 92.1 cm³/mol. The maximum Gasteiger partial charge on any atom is 0.274 e. The van der Waals surface area contributed by atoms with Crippen LogP contribution in [0.25, 0.3) is 0 Å². The van der Waals surface area contributed by atoms with Gasteiger partial charge in [-0.25, -0.2) is 4.39 Å². The fourth-order valence-electron chi connectivity index (χ4n) is 3.53. The molecule has 0 aliphatic carbocycles. The van der Waals surface area contributed by atoms with E-state index in [0.717, 1.165) is 11.3 Å². The number of nitrogens with zero attached hydrogens (tertiary/aromatic N) is 2. The van der Waals surface area contributed by atoms with Gasteiger partial charge in [-0.1, -0.05) is 18.2 Å². The van der Waals surface area contributed by atoms with Crippen molar-refractivity contribution in [3.8, 4) is 0 Å². The van der Waals surface area contributed by atoms with Crippen molar-refractivity contribution in [1.29, 1.82) is 0 Å². The van der Waals surface area contributed by atoms with Crippen LogP contribution in [0.3, 0.4) is 0 Å². The summed E-state index contributed by atoms with van der Waals surface area (Å²) in [6.07, 6.45) is 0.582. The summed E-state index contributed by atoms with van der Waals surface area (Å²) in [6, 6.07) is 6.56. The van der Waals surface area contributed by atoms with Gasteiger partial charge in [-0.2, -0.15) is 5.10 Å². The lowest BCUT2D eigenvalue weighted by Crippen LogP contribution is -2.55. The van der Waals surface area contributed by atoms with Crippen LogP contribution in [0.15, 0.2) is 24.3 Å². The number of hydrogen-bond acceptors (Lipinski definition) is 4.